The van der Waals surface area contributed by atoms with Gasteiger partial charge in [-0.1, -0.05) is 41.6 Å². The zero-order valence-corrected chi connectivity index (χ0v) is 16.5. The van der Waals surface area contributed by atoms with Crippen LogP contribution in [-0.4, -0.2) is 58.0 Å². The molecule has 2 aliphatic heterocycles. The molecule has 1 aliphatic carbocycles. The highest BCUT2D eigenvalue weighted by molar-refractivity contribution is 7.80. The molecule has 2 heterocycles. The van der Waals surface area contributed by atoms with Crippen molar-refractivity contribution in [3.05, 3.63) is 35.4 Å². The van der Waals surface area contributed by atoms with E-state index in [4.69, 9.17) is 17.4 Å². The molecule has 28 heavy (non-hydrogen) atoms. The molecule has 1 aromatic rings. The van der Waals surface area contributed by atoms with E-state index in [0.29, 0.717) is 18.0 Å². The molecule has 0 bridgehead atoms. The fourth-order valence-corrected chi connectivity index (χ4v) is 5.18. The normalized spacial score (nSPS) is 30.0. The first-order valence-corrected chi connectivity index (χ1v) is 10.4. The van der Waals surface area contributed by atoms with Crippen molar-refractivity contribution in [3.63, 3.8) is 0 Å². The Morgan fingerprint density at radius 3 is 2.82 bits per heavy atom. The molecule has 2 N–H and O–H groups in total. The van der Waals surface area contributed by atoms with Crippen molar-refractivity contribution in [2.75, 3.05) is 13.1 Å². The summed E-state index contributed by atoms with van der Waals surface area (Å²) in [6, 6.07) is 7.44. The molecule has 0 radical (unpaired) electrons. The second kappa shape index (κ2) is 8.09. The summed E-state index contributed by atoms with van der Waals surface area (Å²) in [4.78, 5) is 28.9. The number of ketones is 1. The summed E-state index contributed by atoms with van der Waals surface area (Å²) in [6.45, 7) is 1.02. The third-order valence-corrected chi connectivity index (χ3v) is 6.72. The largest absolute Gasteiger partial charge is 0.411 e. The number of hydrogen-bond acceptors (Lipinski definition) is 6. The van der Waals surface area contributed by atoms with E-state index in [1.54, 1.807) is 4.90 Å². The molecule has 3 aliphatic rings. The van der Waals surface area contributed by atoms with Crippen LogP contribution >= 0.6 is 12.2 Å². The molecule has 1 amide bonds. The van der Waals surface area contributed by atoms with Gasteiger partial charge >= 0.3 is 0 Å². The van der Waals surface area contributed by atoms with Crippen molar-refractivity contribution in [2.45, 2.75) is 44.2 Å². The van der Waals surface area contributed by atoms with Gasteiger partial charge in [-0.15, -0.1) is 0 Å². The Morgan fingerprint density at radius 1 is 1.25 bits per heavy atom. The molecule has 1 aromatic carbocycles. The second-order valence-electron chi connectivity index (χ2n) is 7.92. The van der Waals surface area contributed by atoms with Gasteiger partial charge in [0, 0.05) is 23.9 Å². The number of rotatable bonds is 4. The van der Waals surface area contributed by atoms with Gasteiger partial charge < -0.3 is 15.4 Å². The van der Waals surface area contributed by atoms with Crippen LogP contribution < -0.4 is 5.32 Å². The maximum absolute atomic E-state index is 13.4. The molecule has 0 spiro atoms. The van der Waals surface area contributed by atoms with Gasteiger partial charge in [-0.3, -0.25) is 9.59 Å². The monoisotopic (exact) mass is 399 g/mol. The van der Waals surface area contributed by atoms with E-state index < -0.39 is 12.0 Å². The summed E-state index contributed by atoms with van der Waals surface area (Å²) in [6.07, 6.45) is 5.44. The van der Waals surface area contributed by atoms with Crippen LogP contribution in [0.15, 0.2) is 29.4 Å². The summed E-state index contributed by atoms with van der Waals surface area (Å²) in [5.41, 5.74) is 2.54. The summed E-state index contributed by atoms with van der Waals surface area (Å²) in [5.74, 6) is -0.669. The zero-order valence-electron chi connectivity index (χ0n) is 15.7. The van der Waals surface area contributed by atoms with Gasteiger partial charge in [-0.05, 0) is 43.2 Å². The molecule has 6 nitrogen and oxygen atoms in total. The smallest absolute Gasteiger partial charge is 0.241 e. The molecule has 1 unspecified atom stereocenters. The summed E-state index contributed by atoms with van der Waals surface area (Å²) in [7, 11) is 0. The van der Waals surface area contributed by atoms with Crippen molar-refractivity contribution in [1.82, 2.24) is 10.2 Å². The minimum atomic E-state index is -0.607. The van der Waals surface area contributed by atoms with Crippen molar-refractivity contribution >= 4 is 35.0 Å². The minimum Gasteiger partial charge on any atom is -0.411 e. The lowest BCUT2D eigenvalue weighted by Gasteiger charge is -2.30. The van der Waals surface area contributed by atoms with Crippen LogP contribution in [0.3, 0.4) is 0 Å². The summed E-state index contributed by atoms with van der Waals surface area (Å²) in [5, 5.41) is 15.1. The number of likely N-dealkylation sites (tertiary alicyclic amines) is 1. The maximum Gasteiger partial charge on any atom is 0.241 e. The first-order valence-electron chi connectivity index (χ1n) is 9.94. The molecule has 4 rings (SSSR count). The number of amides is 1. The highest BCUT2D eigenvalue weighted by atomic mass is 32.1. The van der Waals surface area contributed by atoms with Gasteiger partial charge in [0.15, 0.2) is 0 Å². The Kier molecular flexibility index (Phi) is 5.55. The summed E-state index contributed by atoms with van der Waals surface area (Å²) < 4.78 is 0. The van der Waals surface area contributed by atoms with E-state index in [1.165, 1.54) is 17.3 Å². The van der Waals surface area contributed by atoms with Crippen LogP contribution in [0.25, 0.3) is 0 Å². The first kappa shape index (κ1) is 19.2. The molecular formula is C21H25N3O3S. The second-order valence-corrected chi connectivity index (χ2v) is 8.44. The van der Waals surface area contributed by atoms with E-state index in [2.05, 4.69) is 22.6 Å². The summed E-state index contributed by atoms with van der Waals surface area (Å²) >= 11 is 5.50. The number of aryl methyl sites for hydroxylation is 1. The SMILES string of the molecule is O=C(C1C(=S)CN[C@@H]1C(=O)N1CCC[C@H]1C=NO)[C@H]1CCc2ccccc2C1. The topological polar surface area (TPSA) is 82.0 Å². The van der Waals surface area contributed by atoms with Crippen molar-refractivity contribution in [2.24, 2.45) is 17.0 Å². The van der Waals surface area contributed by atoms with Gasteiger partial charge in [0.05, 0.1) is 18.2 Å². The average molecular weight is 400 g/mol. The van der Waals surface area contributed by atoms with Gasteiger partial charge in [-0.25, -0.2) is 0 Å². The number of fused-ring (bicyclic) bond motifs is 1. The lowest BCUT2D eigenvalue weighted by molar-refractivity contribution is -0.137. The Labute approximate surface area is 170 Å². The van der Waals surface area contributed by atoms with Gasteiger partial charge in [-0.2, -0.15) is 0 Å². The fraction of sp³-hybridized carbons (Fsp3) is 0.524. The van der Waals surface area contributed by atoms with E-state index >= 15 is 0 Å². The Bertz CT molecular complexity index is 825. The quantitative estimate of drug-likeness (QED) is 0.349. The maximum atomic E-state index is 13.4. The number of benzene rings is 1. The third kappa shape index (κ3) is 3.49. The molecule has 0 saturated carbocycles. The Balaban J connectivity index is 1.52. The number of carbonyl (C=O) groups is 2. The predicted octanol–water partition coefficient (Wildman–Crippen LogP) is 1.77. The molecule has 7 heteroatoms. The van der Waals surface area contributed by atoms with Crippen LogP contribution in [0.2, 0.25) is 0 Å². The van der Waals surface area contributed by atoms with Crippen molar-refractivity contribution in [3.8, 4) is 0 Å². The highest BCUT2D eigenvalue weighted by Gasteiger charge is 2.46. The van der Waals surface area contributed by atoms with Crippen LogP contribution in [0.5, 0.6) is 0 Å². The van der Waals surface area contributed by atoms with E-state index in [9.17, 15) is 9.59 Å². The van der Waals surface area contributed by atoms with E-state index in [0.717, 1.165) is 32.1 Å². The number of carbonyl (C=O) groups excluding carboxylic acids is 2. The van der Waals surface area contributed by atoms with Crippen LogP contribution in [0, 0.1) is 11.8 Å². The number of hydrogen-bond donors (Lipinski definition) is 2. The van der Waals surface area contributed by atoms with Crippen LogP contribution in [0.4, 0.5) is 0 Å². The van der Waals surface area contributed by atoms with Gasteiger partial charge in [0.1, 0.15) is 11.8 Å². The molecule has 0 aromatic heterocycles. The number of thiocarbonyl (C=S) groups is 1. The van der Waals surface area contributed by atoms with Crippen LogP contribution in [-0.2, 0) is 22.4 Å². The zero-order chi connectivity index (χ0) is 19.7. The van der Waals surface area contributed by atoms with E-state index in [1.807, 2.05) is 12.1 Å². The average Bonchev–Trinajstić information content (AvgIpc) is 3.33. The standard InChI is InChI=1S/C21H25N3O3S/c25-20(15-8-7-13-4-1-2-5-14(13)10-15)18-17(28)12-22-19(18)21(26)24-9-3-6-16(24)11-23-27/h1-2,4-5,11,15-16,18-19,22,27H,3,6-10,12H2/t15-,16-,18?,19-/m0/s1. The number of nitrogens with one attached hydrogen (secondary N) is 1. The molecular weight excluding hydrogens is 374 g/mol. The van der Waals surface area contributed by atoms with E-state index in [-0.39, 0.29) is 23.7 Å². The lowest BCUT2D eigenvalue weighted by Crippen LogP contribution is -2.51. The number of oxime groups is 1. The molecule has 2 saturated heterocycles. The lowest BCUT2D eigenvalue weighted by atomic mass is 9.76. The highest BCUT2D eigenvalue weighted by Crippen LogP contribution is 2.31. The van der Waals surface area contributed by atoms with Gasteiger partial charge in [0.2, 0.25) is 5.91 Å². The third-order valence-electron chi connectivity index (χ3n) is 6.32. The molecule has 148 valence electrons. The Morgan fingerprint density at radius 2 is 2.04 bits per heavy atom. The molecule has 2 fully saturated rings. The van der Waals surface area contributed by atoms with Crippen molar-refractivity contribution in [1.29, 1.82) is 0 Å². The molecule has 4 atom stereocenters. The first-order chi connectivity index (χ1) is 13.6. The Hall–Kier alpha value is -2.12. The van der Waals surface area contributed by atoms with Crippen LogP contribution in [0.1, 0.15) is 30.4 Å². The number of nitrogens with zero attached hydrogens (tertiary/aromatic N) is 2. The fourth-order valence-electron chi connectivity index (χ4n) is 4.85. The van der Waals surface area contributed by atoms with Gasteiger partial charge in [0.25, 0.3) is 0 Å². The van der Waals surface area contributed by atoms with Crippen molar-refractivity contribution < 1.29 is 14.8 Å². The minimum absolute atomic E-state index is 0.0921. The predicted molar refractivity (Wildman–Crippen MR) is 110 cm³/mol. The number of Topliss-reactive ketones (excluding diaryl/α,β-unsaturated/α-hetero) is 1.